The van der Waals surface area contributed by atoms with E-state index in [1.165, 1.54) is 6.07 Å². The molecule has 184 valence electrons. The van der Waals surface area contributed by atoms with Crippen molar-refractivity contribution in [1.29, 1.82) is 0 Å². The van der Waals surface area contributed by atoms with Gasteiger partial charge in [-0.3, -0.25) is 9.59 Å². The number of carbonyl (C=O) groups is 2. The first-order chi connectivity index (χ1) is 17.3. The summed E-state index contributed by atoms with van der Waals surface area (Å²) < 4.78 is 34.8. The number of halogens is 1. The summed E-state index contributed by atoms with van der Waals surface area (Å²) in [6.07, 6.45) is 0.0697. The zero-order valence-corrected chi connectivity index (χ0v) is 20.7. The number of amidine groups is 1. The van der Waals surface area contributed by atoms with Crippen molar-refractivity contribution in [1.82, 2.24) is 0 Å². The number of esters is 1. The Morgan fingerprint density at radius 2 is 1.72 bits per heavy atom. The Bertz CT molecular complexity index is 1460. The molecule has 3 aromatic carbocycles. The van der Waals surface area contributed by atoms with E-state index in [1.807, 2.05) is 30.3 Å². The second-order valence-electron chi connectivity index (χ2n) is 8.40. The van der Waals surface area contributed by atoms with E-state index in [0.29, 0.717) is 16.3 Å². The predicted octanol–water partition coefficient (Wildman–Crippen LogP) is 3.89. The monoisotopic (exact) mass is 523 g/mol. The van der Waals surface area contributed by atoms with Crippen molar-refractivity contribution >= 4 is 50.7 Å². The molecule has 1 amide bonds. The Hall–Kier alpha value is -3.69. The van der Waals surface area contributed by atoms with Crippen LogP contribution in [0, 0.1) is 5.92 Å². The highest BCUT2D eigenvalue weighted by Crippen LogP contribution is 2.33. The number of fused-ring (bicyclic) bond motifs is 1. The van der Waals surface area contributed by atoms with Crippen LogP contribution in [-0.2, 0) is 24.3 Å². The van der Waals surface area contributed by atoms with Crippen LogP contribution in [0.4, 0.5) is 11.4 Å². The molecule has 0 aromatic heterocycles. The fraction of sp³-hybridized carbons (Fsp3) is 0.192. The number of anilines is 2. The highest BCUT2D eigenvalue weighted by Gasteiger charge is 2.37. The third kappa shape index (κ3) is 4.59. The van der Waals surface area contributed by atoms with Crippen molar-refractivity contribution < 1.29 is 22.7 Å². The number of carbonyl (C=O) groups excluding carboxylic acids is 2. The summed E-state index contributed by atoms with van der Waals surface area (Å²) >= 11 is 6.43. The van der Waals surface area contributed by atoms with Gasteiger partial charge >= 0.3 is 5.97 Å². The second kappa shape index (κ2) is 9.75. The van der Waals surface area contributed by atoms with Crippen molar-refractivity contribution in [2.75, 3.05) is 29.5 Å². The first kappa shape index (κ1) is 24.0. The molecule has 0 aliphatic carbocycles. The van der Waals surface area contributed by atoms with Gasteiger partial charge in [0.15, 0.2) is 5.84 Å². The molecule has 0 bridgehead atoms. The van der Waals surface area contributed by atoms with Gasteiger partial charge in [0.1, 0.15) is 11.5 Å². The summed E-state index contributed by atoms with van der Waals surface area (Å²) in [5.74, 6) is -0.998. The molecule has 10 heteroatoms. The van der Waals surface area contributed by atoms with Gasteiger partial charge in [-0.15, -0.1) is 4.40 Å². The Morgan fingerprint density at radius 3 is 2.50 bits per heavy atom. The van der Waals surface area contributed by atoms with Gasteiger partial charge in [0, 0.05) is 24.2 Å². The molecule has 1 fully saturated rings. The summed E-state index contributed by atoms with van der Waals surface area (Å²) in [4.78, 5) is 28.6. The van der Waals surface area contributed by atoms with E-state index in [-0.39, 0.29) is 42.8 Å². The molecule has 0 saturated carbocycles. The van der Waals surface area contributed by atoms with Gasteiger partial charge in [-0.1, -0.05) is 54.1 Å². The number of hydrogen-bond donors (Lipinski definition) is 0. The molecule has 2 aliphatic rings. The van der Waals surface area contributed by atoms with Crippen LogP contribution in [-0.4, -0.2) is 45.8 Å². The molecule has 1 saturated heterocycles. The minimum atomic E-state index is -3.86. The normalized spacial score (nSPS) is 18.0. The molecule has 0 N–H and O–H groups in total. The fourth-order valence-corrected chi connectivity index (χ4v) is 5.82. The molecule has 8 nitrogen and oxygen atoms in total. The van der Waals surface area contributed by atoms with Crippen LogP contribution in [0.15, 0.2) is 88.2 Å². The molecule has 3 aromatic rings. The number of rotatable bonds is 6. The molecule has 36 heavy (non-hydrogen) atoms. The van der Waals surface area contributed by atoms with Crippen LogP contribution < -0.4 is 9.80 Å². The number of ether oxygens (including phenoxy) is 1. The standard InChI is InChI=1S/C26H22ClN3O5S/c27-21-11-5-6-12-22(21)29(25-20-10-4-7-13-23(20)36(33,34)28-25)14-15-35-26(32)18-16-24(31)30(17-18)19-8-2-1-3-9-19/h1-13,18H,14-17H2/t18-/m1/s1. The maximum Gasteiger partial charge on any atom is 0.311 e. The van der Waals surface area contributed by atoms with E-state index in [0.717, 1.165) is 5.69 Å². The SMILES string of the molecule is O=C(OCCN(C1=NS(=O)(=O)c2ccccc21)c1ccccc1Cl)[C@@H]1CC(=O)N(c2ccccc2)C1. The van der Waals surface area contributed by atoms with E-state index in [9.17, 15) is 18.0 Å². The predicted molar refractivity (Wildman–Crippen MR) is 137 cm³/mol. The van der Waals surface area contributed by atoms with Crippen molar-refractivity contribution in [2.24, 2.45) is 10.3 Å². The van der Waals surface area contributed by atoms with Gasteiger partial charge in [-0.05, 0) is 36.4 Å². The zero-order chi connectivity index (χ0) is 25.3. The van der Waals surface area contributed by atoms with E-state index < -0.39 is 21.9 Å². The van der Waals surface area contributed by atoms with E-state index in [4.69, 9.17) is 16.3 Å². The zero-order valence-electron chi connectivity index (χ0n) is 19.1. The van der Waals surface area contributed by atoms with Crippen LogP contribution >= 0.6 is 11.6 Å². The number of amides is 1. The quantitative estimate of drug-likeness (QED) is 0.455. The number of nitrogens with zero attached hydrogens (tertiary/aromatic N) is 3. The van der Waals surface area contributed by atoms with Crippen molar-refractivity contribution in [3.05, 3.63) is 89.4 Å². The topological polar surface area (TPSA) is 96.3 Å². The second-order valence-corrected chi connectivity index (χ2v) is 10.4. The lowest BCUT2D eigenvalue weighted by Gasteiger charge is -2.25. The van der Waals surface area contributed by atoms with Crippen molar-refractivity contribution in [3.63, 3.8) is 0 Å². The Balaban J connectivity index is 1.33. The molecular weight excluding hydrogens is 502 g/mol. The van der Waals surface area contributed by atoms with E-state index in [1.54, 1.807) is 52.3 Å². The van der Waals surface area contributed by atoms with Gasteiger partial charge in [0.25, 0.3) is 10.0 Å². The first-order valence-corrected chi connectivity index (χ1v) is 13.2. The Kier molecular flexibility index (Phi) is 6.51. The van der Waals surface area contributed by atoms with Gasteiger partial charge in [-0.25, -0.2) is 0 Å². The van der Waals surface area contributed by atoms with Gasteiger partial charge < -0.3 is 14.5 Å². The Morgan fingerprint density at radius 1 is 1.03 bits per heavy atom. The molecule has 0 spiro atoms. The third-order valence-corrected chi connectivity index (χ3v) is 7.74. The Labute approximate surface area is 213 Å². The number of benzene rings is 3. The van der Waals surface area contributed by atoms with Crippen molar-refractivity contribution in [2.45, 2.75) is 11.3 Å². The maximum atomic E-state index is 12.8. The largest absolute Gasteiger partial charge is 0.464 e. The molecule has 5 rings (SSSR count). The third-order valence-electron chi connectivity index (χ3n) is 6.10. The molecule has 0 unspecified atom stereocenters. The lowest BCUT2D eigenvalue weighted by atomic mass is 10.1. The highest BCUT2D eigenvalue weighted by atomic mass is 35.5. The minimum absolute atomic E-state index is 0.0542. The number of hydrogen-bond acceptors (Lipinski definition) is 6. The molecule has 0 radical (unpaired) electrons. The first-order valence-electron chi connectivity index (χ1n) is 11.3. The average molecular weight is 524 g/mol. The minimum Gasteiger partial charge on any atom is -0.464 e. The lowest BCUT2D eigenvalue weighted by molar-refractivity contribution is -0.148. The molecule has 1 atom stereocenters. The van der Waals surface area contributed by atoms with Crippen LogP contribution in [0.2, 0.25) is 5.02 Å². The number of para-hydroxylation sites is 2. The molecular formula is C26H22ClN3O5S. The number of sulfonamides is 1. The summed E-state index contributed by atoms with van der Waals surface area (Å²) in [6, 6.07) is 22.7. The summed E-state index contributed by atoms with van der Waals surface area (Å²) in [6.45, 7) is 0.302. The summed E-state index contributed by atoms with van der Waals surface area (Å²) in [7, 11) is -3.86. The van der Waals surface area contributed by atoms with Crippen LogP contribution in [0.1, 0.15) is 12.0 Å². The smallest absolute Gasteiger partial charge is 0.311 e. The van der Waals surface area contributed by atoms with Crippen LogP contribution in [0.5, 0.6) is 0 Å². The molecule has 2 aliphatic heterocycles. The van der Waals surface area contributed by atoms with E-state index in [2.05, 4.69) is 4.40 Å². The average Bonchev–Trinajstić information content (AvgIpc) is 3.40. The summed E-state index contributed by atoms with van der Waals surface area (Å²) in [5, 5.41) is 0.396. The van der Waals surface area contributed by atoms with Gasteiger partial charge in [0.2, 0.25) is 5.91 Å². The van der Waals surface area contributed by atoms with Crippen LogP contribution in [0.3, 0.4) is 0 Å². The lowest BCUT2D eigenvalue weighted by Crippen LogP contribution is -2.35. The summed E-state index contributed by atoms with van der Waals surface area (Å²) in [5.41, 5.74) is 1.72. The van der Waals surface area contributed by atoms with Crippen molar-refractivity contribution in [3.8, 4) is 0 Å². The van der Waals surface area contributed by atoms with Gasteiger partial charge in [-0.2, -0.15) is 8.42 Å². The highest BCUT2D eigenvalue weighted by molar-refractivity contribution is 7.90. The molecule has 2 heterocycles. The van der Waals surface area contributed by atoms with Crippen LogP contribution in [0.25, 0.3) is 0 Å². The fourth-order valence-electron chi connectivity index (χ4n) is 4.37. The van der Waals surface area contributed by atoms with Gasteiger partial charge in [0.05, 0.1) is 23.2 Å². The van der Waals surface area contributed by atoms with E-state index >= 15 is 0 Å². The maximum absolute atomic E-state index is 12.8.